The molecule has 13 fully saturated rings. The fourth-order valence-electron chi connectivity index (χ4n) is 14.9. The Morgan fingerprint density at radius 1 is 0.704 bits per heavy atom. The van der Waals surface area contributed by atoms with Crippen molar-refractivity contribution in [1.82, 2.24) is 0 Å². The van der Waals surface area contributed by atoms with Crippen molar-refractivity contribution in [3.05, 3.63) is 25.3 Å². The summed E-state index contributed by atoms with van der Waals surface area (Å²) in [4.78, 5) is 0. The SMILES string of the molecule is C=CC12CC3C4CC56CC7(C=C)CC8C9CC(C1)(C3C85)C(C4C2)C6(C)C9C7. The monoisotopic (exact) mass is 358 g/mol. The molecule has 13 aliphatic carbocycles. The Labute approximate surface area is 164 Å². The third-order valence-corrected chi connectivity index (χ3v) is 14.3. The fraction of sp³-hybridized carbons (Fsp3) is 0.852. The Morgan fingerprint density at radius 2 is 1.41 bits per heavy atom. The quantitative estimate of drug-likeness (QED) is 0.523. The molecule has 14 unspecified atom stereocenters. The van der Waals surface area contributed by atoms with Gasteiger partial charge in [-0.3, -0.25) is 0 Å². The summed E-state index contributed by atoms with van der Waals surface area (Å²) in [5, 5.41) is 0. The third-order valence-electron chi connectivity index (χ3n) is 14.3. The van der Waals surface area contributed by atoms with Crippen LogP contribution in [0.4, 0.5) is 0 Å². The van der Waals surface area contributed by atoms with E-state index < -0.39 is 0 Å². The molecule has 13 rings (SSSR count). The maximum atomic E-state index is 4.43. The average Bonchev–Trinajstić information content (AvgIpc) is 2.66. The zero-order valence-electron chi connectivity index (χ0n) is 16.9. The lowest BCUT2D eigenvalue weighted by atomic mass is 9.09. The molecule has 0 heterocycles. The first-order chi connectivity index (χ1) is 13.0. The molecule has 0 N–H and O–H groups in total. The van der Waals surface area contributed by atoms with Crippen molar-refractivity contribution in [1.29, 1.82) is 0 Å². The molecule has 0 nitrogen and oxygen atoms in total. The van der Waals surface area contributed by atoms with Gasteiger partial charge in [-0.2, -0.15) is 0 Å². The molecule has 142 valence electrons. The van der Waals surface area contributed by atoms with Crippen LogP contribution in [0.1, 0.15) is 58.3 Å². The molecule has 14 bridgehead atoms. The van der Waals surface area contributed by atoms with Crippen molar-refractivity contribution in [3.8, 4) is 0 Å². The lowest BCUT2D eigenvalue weighted by Crippen LogP contribution is -2.90. The molecule has 0 radical (unpaired) electrons. The van der Waals surface area contributed by atoms with Gasteiger partial charge in [0.05, 0.1) is 0 Å². The zero-order valence-corrected chi connectivity index (χ0v) is 16.9. The van der Waals surface area contributed by atoms with Crippen molar-refractivity contribution < 1.29 is 0 Å². The molecule has 0 aliphatic heterocycles. The van der Waals surface area contributed by atoms with E-state index >= 15 is 0 Å². The lowest BCUT2D eigenvalue weighted by molar-refractivity contribution is -0.473. The zero-order chi connectivity index (χ0) is 17.8. The molecule has 14 atom stereocenters. The fourth-order valence-corrected chi connectivity index (χ4v) is 14.9. The number of rotatable bonds is 2. The molecule has 0 aromatic heterocycles. The highest BCUT2D eigenvalue weighted by Gasteiger charge is 2.91. The van der Waals surface area contributed by atoms with Crippen molar-refractivity contribution in [2.75, 3.05) is 0 Å². The normalized spacial score (nSPS) is 79.5. The van der Waals surface area contributed by atoms with Gasteiger partial charge in [-0.1, -0.05) is 19.1 Å². The Bertz CT molecular complexity index is 869. The Kier molecular flexibility index (Phi) is 1.85. The van der Waals surface area contributed by atoms with Crippen LogP contribution in [0.3, 0.4) is 0 Å². The summed E-state index contributed by atoms with van der Waals surface area (Å²) < 4.78 is 0. The first-order valence-electron chi connectivity index (χ1n) is 12.2. The third kappa shape index (κ3) is 1.00. The van der Waals surface area contributed by atoms with Crippen molar-refractivity contribution in [3.63, 3.8) is 0 Å². The van der Waals surface area contributed by atoms with Crippen LogP contribution in [0.25, 0.3) is 0 Å². The van der Waals surface area contributed by atoms with Crippen molar-refractivity contribution in [2.24, 2.45) is 80.3 Å². The van der Waals surface area contributed by atoms with Gasteiger partial charge in [-0.05, 0) is 132 Å². The molecular weight excluding hydrogens is 324 g/mol. The Morgan fingerprint density at radius 3 is 2.19 bits per heavy atom. The predicted molar refractivity (Wildman–Crippen MR) is 107 cm³/mol. The van der Waals surface area contributed by atoms with E-state index in [1.807, 2.05) is 0 Å². The Hall–Kier alpha value is -0.520. The second-order valence-electron chi connectivity index (χ2n) is 13.8. The topological polar surface area (TPSA) is 0 Å². The summed E-state index contributed by atoms with van der Waals surface area (Å²) in [5.41, 5.74) is 3.26. The summed E-state index contributed by atoms with van der Waals surface area (Å²) in [7, 11) is 0. The van der Waals surface area contributed by atoms with Gasteiger partial charge in [0.1, 0.15) is 0 Å². The van der Waals surface area contributed by atoms with Gasteiger partial charge in [-0.15, -0.1) is 13.2 Å². The van der Waals surface area contributed by atoms with E-state index in [4.69, 9.17) is 0 Å². The maximum absolute atomic E-state index is 4.43. The minimum Gasteiger partial charge on any atom is -0.103 e. The van der Waals surface area contributed by atoms with Crippen LogP contribution in [0.15, 0.2) is 25.3 Å². The van der Waals surface area contributed by atoms with Gasteiger partial charge in [0, 0.05) is 0 Å². The maximum Gasteiger partial charge on any atom is -0.0110 e. The van der Waals surface area contributed by atoms with Crippen LogP contribution in [0.5, 0.6) is 0 Å². The van der Waals surface area contributed by atoms with Crippen molar-refractivity contribution >= 4 is 0 Å². The highest BCUT2D eigenvalue weighted by atomic mass is 15.0. The lowest BCUT2D eigenvalue weighted by Gasteiger charge is -2.95. The predicted octanol–water partition coefficient (Wildman–Crippen LogP) is 6.10. The van der Waals surface area contributed by atoms with E-state index in [0.29, 0.717) is 16.2 Å². The van der Waals surface area contributed by atoms with Gasteiger partial charge in [-0.25, -0.2) is 0 Å². The second kappa shape index (κ2) is 3.45. The number of hydrogen-bond donors (Lipinski definition) is 0. The van der Waals surface area contributed by atoms with E-state index in [9.17, 15) is 0 Å². The smallest absolute Gasteiger partial charge is 0.0110 e. The van der Waals surface area contributed by atoms with Gasteiger partial charge in [0.2, 0.25) is 0 Å². The van der Waals surface area contributed by atoms with Crippen LogP contribution in [-0.4, -0.2) is 0 Å². The second-order valence-corrected chi connectivity index (χ2v) is 13.8. The van der Waals surface area contributed by atoms with Crippen LogP contribution in [-0.2, 0) is 0 Å². The summed E-state index contributed by atoms with van der Waals surface area (Å²) in [6.45, 7) is 11.7. The van der Waals surface area contributed by atoms with Gasteiger partial charge < -0.3 is 0 Å². The molecule has 0 heteroatoms. The van der Waals surface area contributed by atoms with Crippen LogP contribution in [0.2, 0.25) is 0 Å². The number of hydrogen-bond acceptors (Lipinski definition) is 0. The minimum absolute atomic E-state index is 0.539. The highest BCUT2D eigenvalue weighted by Crippen LogP contribution is 2.97. The molecule has 0 saturated heterocycles. The summed E-state index contributed by atoms with van der Waals surface area (Å²) in [5.74, 6) is 9.81. The molecule has 13 saturated carbocycles. The largest absolute Gasteiger partial charge is 0.103 e. The molecule has 13 aliphatic rings. The summed E-state index contributed by atoms with van der Waals surface area (Å²) in [6, 6.07) is 0. The minimum atomic E-state index is 0.539. The molecule has 0 aromatic carbocycles. The standard InChI is InChI=1S/C27H34/c1-4-24-6-16-14-10-27-13-25(5-2)7-17-15-9-26(12-24,20(16)21(17)27)22(18(14)8-24)23(27,3)19(15)11-25/h4-5,14-22H,1-2,6-13H2,3H3. The molecule has 2 spiro atoms. The van der Waals surface area contributed by atoms with Crippen LogP contribution >= 0.6 is 0 Å². The van der Waals surface area contributed by atoms with Gasteiger partial charge in [0.15, 0.2) is 0 Å². The first-order valence-corrected chi connectivity index (χ1v) is 12.2. The Balaban J connectivity index is 1.38. The van der Waals surface area contributed by atoms with E-state index in [1.165, 1.54) is 25.7 Å². The number of allylic oxidation sites excluding steroid dienone is 2. The van der Waals surface area contributed by atoms with E-state index in [0.717, 1.165) is 64.1 Å². The van der Waals surface area contributed by atoms with Crippen LogP contribution in [0, 0.1) is 80.3 Å². The van der Waals surface area contributed by atoms with E-state index in [2.05, 4.69) is 32.2 Å². The molecule has 27 heavy (non-hydrogen) atoms. The summed E-state index contributed by atoms with van der Waals surface area (Å²) >= 11 is 0. The molecular formula is C27H34. The van der Waals surface area contributed by atoms with Gasteiger partial charge >= 0.3 is 0 Å². The van der Waals surface area contributed by atoms with E-state index in [-0.39, 0.29) is 0 Å². The van der Waals surface area contributed by atoms with Gasteiger partial charge in [0.25, 0.3) is 0 Å². The first kappa shape index (κ1) is 14.5. The van der Waals surface area contributed by atoms with Crippen LogP contribution < -0.4 is 0 Å². The average molecular weight is 359 g/mol. The molecule has 0 amide bonds. The van der Waals surface area contributed by atoms with E-state index in [1.54, 1.807) is 25.7 Å². The highest BCUT2D eigenvalue weighted by molar-refractivity contribution is 5.41. The summed E-state index contributed by atoms with van der Waals surface area (Å²) in [6.07, 6.45) is 17.5. The molecule has 0 aromatic rings. The van der Waals surface area contributed by atoms with Crippen molar-refractivity contribution in [2.45, 2.75) is 58.3 Å².